The minimum absolute atomic E-state index is 0.152. The van der Waals surface area contributed by atoms with E-state index in [-0.39, 0.29) is 5.92 Å². The number of halogens is 1. The van der Waals surface area contributed by atoms with Gasteiger partial charge in [-0.25, -0.2) is 4.39 Å². The number of hydrogen-bond donors (Lipinski definition) is 1. The van der Waals surface area contributed by atoms with Gasteiger partial charge in [0.05, 0.1) is 7.11 Å². The van der Waals surface area contributed by atoms with Crippen LogP contribution in [0.15, 0.2) is 24.3 Å². The molecule has 1 fully saturated rings. The van der Waals surface area contributed by atoms with E-state index in [1.165, 1.54) is 5.56 Å². The number of alkyl halides is 1. The summed E-state index contributed by atoms with van der Waals surface area (Å²) in [6.07, 6.45) is 3.47. The number of nitrogens with one attached hydrogen (secondary N) is 1. The van der Waals surface area contributed by atoms with Crippen LogP contribution < -0.4 is 10.1 Å². The van der Waals surface area contributed by atoms with E-state index in [0.29, 0.717) is 6.42 Å². The van der Waals surface area contributed by atoms with Crippen LogP contribution in [0.1, 0.15) is 31.7 Å². The zero-order chi connectivity index (χ0) is 13.7. The summed E-state index contributed by atoms with van der Waals surface area (Å²) in [5.41, 5.74) is 0.0984. The molecule has 1 aliphatic rings. The summed E-state index contributed by atoms with van der Waals surface area (Å²) in [4.78, 5) is 0. The first-order valence-electron chi connectivity index (χ1n) is 7.14. The maximum atomic E-state index is 14.7. The highest BCUT2D eigenvalue weighted by Gasteiger charge is 2.34. The molecular formula is C16H24FNO. The quantitative estimate of drug-likeness (QED) is 0.881. The molecule has 0 amide bonds. The number of aryl methyl sites for hydroxylation is 1. The zero-order valence-electron chi connectivity index (χ0n) is 11.9. The van der Waals surface area contributed by atoms with Crippen molar-refractivity contribution in [1.29, 1.82) is 0 Å². The maximum Gasteiger partial charge on any atom is 0.118 e. The molecular weight excluding hydrogens is 241 g/mol. The Labute approximate surface area is 115 Å². The number of benzene rings is 1. The fraction of sp³-hybridized carbons (Fsp3) is 0.625. The summed E-state index contributed by atoms with van der Waals surface area (Å²) >= 11 is 0. The van der Waals surface area contributed by atoms with Gasteiger partial charge in [-0.15, -0.1) is 0 Å². The van der Waals surface area contributed by atoms with E-state index in [1.807, 2.05) is 24.3 Å². The van der Waals surface area contributed by atoms with Crippen LogP contribution in [-0.4, -0.2) is 25.9 Å². The number of piperidine rings is 1. The Morgan fingerprint density at radius 1 is 1.37 bits per heavy atom. The highest BCUT2D eigenvalue weighted by atomic mass is 19.1. The van der Waals surface area contributed by atoms with E-state index in [2.05, 4.69) is 5.32 Å². The Balaban J connectivity index is 1.88. The third-order valence-corrected chi connectivity index (χ3v) is 4.21. The molecule has 2 unspecified atom stereocenters. The van der Waals surface area contributed by atoms with E-state index in [1.54, 1.807) is 14.0 Å². The first-order chi connectivity index (χ1) is 9.12. The van der Waals surface area contributed by atoms with Crippen molar-refractivity contribution in [1.82, 2.24) is 5.32 Å². The molecule has 0 spiro atoms. The lowest BCUT2D eigenvalue weighted by atomic mass is 9.81. The Bertz CT molecular complexity index is 382. The predicted molar refractivity (Wildman–Crippen MR) is 76.4 cm³/mol. The van der Waals surface area contributed by atoms with Crippen molar-refractivity contribution in [2.45, 2.75) is 38.3 Å². The molecule has 19 heavy (non-hydrogen) atoms. The molecule has 2 rings (SSSR count). The summed E-state index contributed by atoms with van der Waals surface area (Å²) in [6, 6.07) is 7.92. The van der Waals surface area contributed by atoms with Gasteiger partial charge in [0.2, 0.25) is 0 Å². The van der Waals surface area contributed by atoms with E-state index in [4.69, 9.17) is 4.74 Å². The summed E-state index contributed by atoms with van der Waals surface area (Å²) in [6.45, 7) is 3.61. The highest BCUT2D eigenvalue weighted by Crippen LogP contribution is 2.32. The van der Waals surface area contributed by atoms with Crippen LogP contribution >= 0.6 is 0 Å². The molecule has 1 aliphatic heterocycles. The van der Waals surface area contributed by atoms with Gasteiger partial charge < -0.3 is 10.1 Å². The summed E-state index contributed by atoms with van der Waals surface area (Å²) in [7, 11) is 1.66. The Morgan fingerprint density at radius 2 is 2.11 bits per heavy atom. The van der Waals surface area contributed by atoms with Crippen LogP contribution in [0.2, 0.25) is 0 Å². The molecule has 2 atom stereocenters. The number of rotatable bonds is 5. The van der Waals surface area contributed by atoms with Gasteiger partial charge in [-0.05, 0) is 56.8 Å². The molecule has 106 valence electrons. The van der Waals surface area contributed by atoms with Crippen molar-refractivity contribution in [2.24, 2.45) is 5.92 Å². The molecule has 2 nitrogen and oxygen atoms in total. The van der Waals surface area contributed by atoms with Gasteiger partial charge in [0.15, 0.2) is 0 Å². The van der Waals surface area contributed by atoms with Gasteiger partial charge in [-0.3, -0.25) is 0 Å². The lowest BCUT2D eigenvalue weighted by molar-refractivity contribution is 0.0740. The minimum Gasteiger partial charge on any atom is -0.497 e. The van der Waals surface area contributed by atoms with Crippen molar-refractivity contribution in [2.75, 3.05) is 20.2 Å². The van der Waals surface area contributed by atoms with Crippen molar-refractivity contribution in [3.63, 3.8) is 0 Å². The van der Waals surface area contributed by atoms with Gasteiger partial charge >= 0.3 is 0 Å². The van der Waals surface area contributed by atoms with Crippen molar-refractivity contribution in [3.8, 4) is 5.75 Å². The summed E-state index contributed by atoms with van der Waals surface area (Å²) in [5.74, 6) is 1.00. The molecule has 1 saturated heterocycles. The van der Waals surface area contributed by atoms with E-state index < -0.39 is 5.67 Å². The topological polar surface area (TPSA) is 21.3 Å². The second-order valence-electron chi connectivity index (χ2n) is 5.67. The van der Waals surface area contributed by atoms with E-state index in [0.717, 1.165) is 38.1 Å². The smallest absolute Gasteiger partial charge is 0.118 e. The van der Waals surface area contributed by atoms with Crippen LogP contribution in [0.3, 0.4) is 0 Å². The first kappa shape index (κ1) is 14.3. The van der Waals surface area contributed by atoms with Crippen LogP contribution in [-0.2, 0) is 6.42 Å². The van der Waals surface area contributed by atoms with Crippen LogP contribution in [0.5, 0.6) is 5.75 Å². The van der Waals surface area contributed by atoms with E-state index >= 15 is 0 Å². The molecule has 0 bridgehead atoms. The average Bonchev–Trinajstić information content (AvgIpc) is 2.47. The molecule has 1 heterocycles. The highest BCUT2D eigenvalue weighted by molar-refractivity contribution is 5.27. The van der Waals surface area contributed by atoms with Crippen molar-refractivity contribution in [3.05, 3.63) is 29.8 Å². The van der Waals surface area contributed by atoms with Gasteiger partial charge in [0, 0.05) is 12.5 Å². The van der Waals surface area contributed by atoms with Crippen LogP contribution in [0, 0.1) is 5.92 Å². The monoisotopic (exact) mass is 265 g/mol. The summed E-state index contributed by atoms with van der Waals surface area (Å²) in [5, 5.41) is 3.30. The third kappa shape index (κ3) is 3.93. The fourth-order valence-corrected chi connectivity index (χ4v) is 2.75. The molecule has 0 radical (unpaired) electrons. The minimum atomic E-state index is -1.08. The molecule has 3 heteroatoms. The second kappa shape index (κ2) is 6.38. The lowest BCUT2D eigenvalue weighted by Gasteiger charge is -2.34. The van der Waals surface area contributed by atoms with Gasteiger partial charge in [0.1, 0.15) is 11.4 Å². The Hall–Kier alpha value is -1.09. The van der Waals surface area contributed by atoms with E-state index in [9.17, 15) is 4.39 Å². The Morgan fingerprint density at radius 3 is 2.68 bits per heavy atom. The fourth-order valence-electron chi connectivity index (χ4n) is 2.75. The summed E-state index contributed by atoms with van der Waals surface area (Å²) < 4.78 is 19.9. The molecule has 0 aliphatic carbocycles. The first-order valence-corrected chi connectivity index (χ1v) is 7.14. The number of ether oxygens (including phenoxy) is 1. The third-order valence-electron chi connectivity index (χ3n) is 4.21. The largest absolute Gasteiger partial charge is 0.497 e. The normalized spacial score (nSPS) is 22.8. The zero-order valence-corrected chi connectivity index (χ0v) is 11.9. The average molecular weight is 265 g/mol. The maximum absolute atomic E-state index is 14.7. The standard InChI is InChI=1S/C16H24FNO/c1-16(17,14-4-3-11-18-12-14)10-9-13-5-7-15(19-2)8-6-13/h5-8,14,18H,3-4,9-12H2,1-2H3. The molecule has 1 aromatic carbocycles. The SMILES string of the molecule is COc1ccc(CCC(C)(F)C2CCCNC2)cc1. The Kier molecular flexibility index (Phi) is 4.81. The molecule has 0 saturated carbocycles. The van der Waals surface area contributed by atoms with Gasteiger partial charge in [-0.2, -0.15) is 0 Å². The van der Waals surface area contributed by atoms with Crippen molar-refractivity contribution >= 4 is 0 Å². The van der Waals surface area contributed by atoms with Gasteiger partial charge in [0.25, 0.3) is 0 Å². The molecule has 1 N–H and O–H groups in total. The predicted octanol–water partition coefficient (Wildman–Crippen LogP) is 3.36. The van der Waals surface area contributed by atoms with Crippen LogP contribution in [0.25, 0.3) is 0 Å². The number of hydrogen-bond acceptors (Lipinski definition) is 2. The molecule has 1 aromatic rings. The second-order valence-corrected chi connectivity index (χ2v) is 5.67. The van der Waals surface area contributed by atoms with Gasteiger partial charge in [-0.1, -0.05) is 12.1 Å². The van der Waals surface area contributed by atoms with Crippen molar-refractivity contribution < 1.29 is 9.13 Å². The lowest BCUT2D eigenvalue weighted by Crippen LogP contribution is -2.41. The number of methoxy groups -OCH3 is 1. The molecule has 0 aromatic heterocycles. The van der Waals surface area contributed by atoms with Crippen LogP contribution in [0.4, 0.5) is 4.39 Å².